The smallest absolute Gasteiger partial charge is 0.251 e. The van der Waals surface area contributed by atoms with Crippen LogP contribution in [0.5, 0.6) is 0 Å². The van der Waals surface area contributed by atoms with Gasteiger partial charge in [-0.15, -0.1) is 0 Å². The lowest BCUT2D eigenvalue weighted by Gasteiger charge is -2.46. The molecule has 6 nitrogen and oxygen atoms in total. The molecule has 2 aromatic heterocycles. The zero-order valence-electron chi connectivity index (χ0n) is 15.7. The molecule has 1 N–H and O–H groups in total. The van der Waals surface area contributed by atoms with Gasteiger partial charge in [-0.05, 0) is 41.1 Å². The van der Waals surface area contributed by atoms with E-state index in [9.17, 15) is 14.4 Å². The van der Waals surface area contributed by atoms with Gasteiger partial charge in [0, 0.05) is 43.2 Å². The van der Waals surface area contributed by atoms with Crippen LogP contribution in [0.15, 0.2) is 39.8 Å². The average Bonchev–Trinajstić information content (AvgIpc) is 3.21. The fourth-order valence-corrected chi connectivity index (χ4v) is 5.47. The van der Waals surface area contributed by atoms with Crippen molar-refractivity contribution in [2.45, 2.75) is 24.9 Å². The molecule has 148 valence electrons. The molecule has 3 atom stereocenters. The summed E-state index contributed by atoms with van der Waals surface area (Å²) in [4.78, 5) is 40.2. The standard InChI is InChI=1S/C20H23N3O3S2/c1-27-12-18(25)22-9-14-7-15(10-22)19(23-16(14)3-2-4-17(23)24)20(26)21-8-13-5-6-28-11-13/h2-6,11,14-15,19H,7-10,12H2,1H3,(H,21,26)/t14-,15+,19-/m1/s1. The number of amides is 2. The zero-order chi connectivity index (χ0) is 19.7. The predicted octanol–water partition coefficient (Wildman–Crippen LogP) is 2.08. The maximum absolute atomic E-state index is 13.1. The van der Waals surface area contributed by atoms with Crippen molar-refractivity contribution in [3.05, 3.63) is 56.6 Å². The normalized spacial score (nSPS) is 23.2. The molecule has 0 radical (unpaired) electrons. The van der Waals surface area contributed by atoms with Crippen LogP contribution in [-0.2, 0) is 16.1 Å². The van der Waals surface area contributed by atoms with Crippen molar-refractivity contribution in [1.82, 2.24) is 14.8 Å². The summed E-state index contributed by atoms with van der Waals surface area (Å²) in [6.07, 6.45) is 2.74. The number of carbonyl (C=O) groups excluding carboxylic acids is 2. The molecule has 4 rings (SSSR count). The lowest BCUT2D eigenvalue weighted by molar-refractivity contribution is -0.135. The van der Waals surface area contributed by atoms with Gasteiger partial charge in [0.2, 0.25) is 11.8 Å². The van der Waals surface area contributed by atoms with Gasteiger partial charge in [0.1, 0.15) is 6.04 Å². The Bertz CT molecular complexity index is 925. The molecular formula is C20H23N3O3S2. The van der Waals surface area contributed by atoms with E-state index in [-0.39, 0.29) is 29.2 Å². The quantitative estimate of drug-likeness (QED) is 0.809. The molecule has 1 saturated heterocycles. The number of hydrogen-bond donors (Lipinski definition) is 1. The summed E-state index contributed by atoms with van der Waals surface area (Å²) in [5, 5.41) is 6.97. The Morgan fingerprint density at radius 3 is 2.89 bits per heavy atom. The van der Waals surface area contributed by atoms with E-state index in [1.807, 2.05) is 34.0 Å². The largest absolute Gasteiger partial charge is 0.350 e. The van der Waals surface area contributed by atoms with Crippen LogP contribution in [-0.4, -0.2) is 46.4 Å². The number of rotatable bonds is 5. The number of pyridine rings is 1. The van der Waals surface area contributed by atoms with Crippen molar-refractivity contribution in [3.8, 4) is 0 Å². The second kappa shape index (κ2) is 8.13. The Morgan fingerprint density at radius 2 is 2.14 bits per heavy atom. The van der Waals surface area contributed by atoms with E-state index in [2.05, 4.69) is 5.32 Å². The molecule has 0 unspecified atom stereocenters. The number of nitrogens with zero attached hydrogens (tertiary/aromatic N) is 2. The fraction of sp³-hybridized carbons (Fsp3) is 0.450. The Morgan fingerprint density at radius 1 is 1.29 bits per heavy atom. The summed E-state index contributed by atoms with van der Waals surface area (Å²) in [7, 11) is 0. The van der Waals surface area contributed by atoms with Gasteiger partial charge in [0.05, 0.1) is 5.75 Å². The van der Waals surface area contributed by atoms with Crippen LogP contribution in [0.3, 0.4) is 0 Å². The van der Waals surface area contributed by atoms with Crippen LogP contribution in [0.25, 0.3) is 0 Å². The highest BCUT2D eigenvalue weighted by atomic mass is 32.2. The van der Waals surface area contributed by atoms with Crippen molar-refractivity contribution in [2.24, 2.45) is 5.92 Å². The topological polar surface area (TPSA) is 71.4 Å². The third kappa shape index (κ3) is 3.63. The van der Waals surface area contributed by atoms with E-state index < -0.39 is 6.04 Å². The molecule has 1 fully saturated rings. The molecule has 4 heterocycles. The zero-order valence-corrected chi connectivity index (χ0v) is 17.3. The number of piperidine rings is 1. The van der Waals surface area contributed by atoms with E-state index >= 15 is 0 Å². The molecular weight excluding hydrogens is 394 g/mol. The molecule has 2 bridgehead atoms. The van der Waals surface area contributed by atoms with Gasteiger partial charge in [-0.2, -0.15) is 23.1 Å². The second-order valence-electron chi connectivity index (χ2n) is 7.38. The Balaban J connectivity index is 1.64. The predicted molar refractivity (Wildman–Crippen MR) is 112 cm³/mol. The lowest BCUT2D eigenvalue weighted by Crippen LogP contribution is -2.54. The Hall–Kier alpha value is -2.06. The number of carbonyl (C=O) groups is 2. The summed E-state index contributed by atoms with van der Waals surface area (Å²) >= 11 is 3.10. The summed E-state index contributed by atoms with van der Waals surface area (Å²) < 4.78 is 1.66. The van der Waals surface area contributed by atoms with Crippen LogP contribution in [0.1, 0.15) is 29.6 Å². The first-order valence-corrected chi connectivity index (χ1v) is 11.7. The minimum absolute atomic E-state index is 0.0559. The van der Waals surface area contributed by atoms with Crippen LogP contribution < -0.4 is 10.9 Å². The lowest BCUT2D eigenvalue weighted by atomic mass is 9.78. The van der Waals surface area contributed by atoms with Gasteiger partial charge in [-0.3, -0.25) is 19.0 Å². The monoisotopic (exact) mass is 417 g/mol. The number of thiophene rings is 1. The van der Waals surface area contributed by atoms with Crippen LogP contribution in [0.4, 0.5) is 0 Å². The minimum Gasteiger partial charge on any atom is -0.350 e. The molecule has 2 amide bonds. The number of thioether (sulfide) groups is 1. The van der Waals surface area contributed by atoms with Crippen molar-refractivity contribution in [2.75, 3.05) is 25.1 Å². The molecule has 2 aromatic rings. The van der Waals surface area contributed by atoms with Crippen molar-refractivity contribution in [3.63, 3.8) is 0 Å². The van der Waals surface area contributed by atoms with Crippen molar-refractivity contribution >= 4 is 34.9 Å². The summed E-state index contributed by atoms with van der Waals surface area (Å²) in [5.41, 5.74) is 1.76. The Labute approximate surface area is 171 Å². The van der Waals surface area contributed by atoms with E-state index in [4.69, 9.17) is 0 Å². The van der Waals surface area contributed by atoms with Gasteiger partial charge < -0.3 is 10.2 Å². The summed E-state index contributed by atoms with van der Waals surface area (Å²) in [6.45, 7) is 1.58. The summed E-state index contributed by atoms with van der Waals surface area (Å²) in [6, 6.07) is 6.58. The maximum Gasteiger partial charge on any atom is 0.251 e. The third-order valence-electron chi connectivity index (χ3n) is 5.58. The van der Waals surface area contributed by atoms with E-state index in [1.54, 1.807) is 22.0 Å². The Kier molecular flexibility index (Phi) is 5.59. The van der Waals surface area contributed by atoms with Crippen molar-refractivity contribution in [1.29, 1.82) is 0 Å². The molecule has 0 spiro atoms. The highest BCUT2D eigenvalue weighted by molar-refractivity contribution is 7.99. The van der Waals surface area contributed by atoms with Gasteiger partial charge in [-0.1, -0.05) is 6.07 Å². The SMILES string of the molecule is CSCC(=O)N1C[C@H]2C[C@@H](C1)[C@H](C(=O)NCc1ccsc1)n1c2cccc1=O. The number of fused-ring (bicyclic) bond motifs is 4. The third-order valence-corrected chi connectivity index (χ3v) is 6.85. The van der Waals surface area contributed by atoms with Gasteiger partial charge in [0.15, 0.2) is 0 Å². The number of aromatic nitrogens is 1. The van der Waals surface area contributed by atoms with E-state index in [0.29, 0.717) is 25.4 Å². The number of hydrogen-bond acceptors (Lipinski definition) is 5. The highest BCUT2D eigenvalue weighted by Gasteiger charge is 2.44. The van der Waals surface area contributed by atoms with Crippen LogP contribution in [0.2, 0.25) is 0 Å². The molecule has 0 saturated carbocycles. The number of nitrogens with one attached hydrogen (secondary N) is 1. The molecule has 0 aromatic carbocycles. The molecule has 2 aliphatic rings. The molecule has 0 aliphatic carbocycles. The first-order chi connectivity index (χ1) is 13.6. The van der Waals surface area contributed by atoms with E-state index in [1.165, 1.54) is 17.8 Å². The van der Waals surface area contributed by atoms with Crippen LogP contribution in [0, 0.1) is 5.92 Å². The van der Waals surface area contributed by atoms with Gasteiger partial charge >= 0.3 is 0 Å². The highest BCUT2D eigenvalue weighted by Crippen LogP contribution is 2.41. The maximum atomic E-state index is 13.1. The van der Waals surface area contributed by atoms with E-state index in [0.717, 1.165) is 17.7 Å². The average molecular weight is 418 g/mol. The van der Waals surface area contributed by atoms with Crippen molar-refractivity contribution < 1.29 is 9.59 Å². The molecule has 28 heavy (non-hydrogen) atoms. The fourth-order valence-electron chi connectivity index (χ4n) is 4.38. The first kappa shape index (κ1) is 19.3. The summed E-state index contributed by atoms with van der Waals surface area (Å²) in [5.74, 6) is 0.435. The van der Waals surface area contributed by atoms with Gasteiger partial charge in [0.25, 0.3) is 5.56 Å². The van der Waals surface area contributed by atoms with Gasteiger partial charge in [-0.25, -0.2) is 0 Å². The molecule has 8 heteroatoms. The second-order valence-corrected chi connectivity index (χ2v) is 9.02. The van der Waals surface area contributed by atoms with Crippen LogP contribution >= 0.6 is 23.1 Å². The molecule has 2 aliphatic heterocycles. The minimum atomic E-state index is -0.580. The first-order valence-electron chi connectivity index (χ1n) is 9.35. The number of likely N-dealkylation sites (tertiary alicyclic amines) is 1.